The first-order valence-electron chi connectivity index (χ1n) is 8.46. The van der Waals surface area contributed by atoms with Crippen molar-refractivity contribution in [2.24, 2.45) is 0 Å². The van der Waals surface area contributed by atoms with Crippen LogP contribution in [0.2, 0.25) is 0 Å². The lowest BCUT2D eigenvalue weighted by Gasteiger charge is -2.27. The molecule has 1 heterocycles. The second-order valence-electron chi connectivity index (χ2n) is 6.06. The van der Waals surface area contributed by atoms with E-state index in [-0.39, 0.29) is 17.5 Å². The number of benzene rings is 2. The summed E-state index contributed by atoms with van der Waals surface area (Å²) in [5.74, 6) is 1.17. The van der Waals surface area contributed by atoms with E-state index >= 15 is 0 Å². The maximum Gasteiger partial charge on any atom is 0.235 e. The molecule has 1 amide bonds. The van der Waals surface area contributed by atoms with Gasteiger partial charge in [0.25, 0.3) is 0 Å². The van der Waals surface area contributed by atoms with Crippen LogP contribution in [0.15, 0.2) is 48.5 Å². The van der Waals surface area contributed by atoms with Crippen molar-refractivity contribution in [3.8, 4) is 11.5 Å². The Labute approximate surface area is 154 Å². The van der Waals surface area contributed by atoms with Gasteiger partial charge in [0.05, 0.1) is 0 Å². The lowest BCUT2D eigenvalue weighted by atomic mass is 10.2. The molecule has 0 spiro atoms. The summed E-state index contributed by atoms with van der Waals surface area (Å²) in [6.45, 7) is 2.92. The Morgan fingerprint density at radius 3 is 2.23 bits per heavy atom. The molecule has 0 bridgehead atoms. The lowest BCUT2D eigenvalue weighted by Crippen LogP contribution is -2.47. The molecule has 0 aliphatic carbocycles. The van der Waals surface area contributed by atoms with Crippen LogP contribution in [0, 0.1) is 5.82 Å². The van der Waals surface area contributed by atoms with Crippen LogP contribution in [0.4, 0.5) is 4.39 Å². The van der Waals surface area contributed by atoms with Gasteiger partial charge in [0.1, 0.15) is 23.1 Å². The molecule has 3 rings (SSSR count). The van der Waals surface area contributed by atoms with Gasteiger partial charge in [0, 0.05) is 42.7 Å². The minimum atomic E-state index is -1.24. The molecule has 0 radical (unpaired) electrons. The second kappa shape index (κ2) is 8.91. The predicted molar refractivity (Wildman–Crippen MR) is 99.1 cm³/mol. The van der Waals surface area contributed by atoms with E-state index in [4.69, 9.17) is 4.74 Å². The quantitative estimate of drug-likeness (QED) is 0.841. The Morgan fingerprint density at radius 2 is 1.62 bits per heavy atom. The standard InChI is InChI=1S/C19H21FN2O3S/c20-16-3-7-18(8-4-16)25-17-5-1-15(2-6-17)13-26(24)14-19(23)22-11-9-21-10-12-22/h1-8,21H,9-14H2. The SMILES string of the molecule is O=C(CS(=O)Cc1ccc(Oc2ccc(F)cc2)cc1)N1CCNCC1. The van der Waals surface area contributed by atoms with E-state index in [1.165, 1.54) is 12.1 Å². The summed E-state index contributed by atoms with van der Waals surface area (Å²) in [4.78, 5) is 13.9. The number of halogens is 1. The molecule has 1 fully saturated rings. The van der Waals surface area contributed by atoms with Crippen molar-refractivity contribution in [2.45, 2.75) is 5.75 Å². The monoisotopic (exact) mass is 376 g/mol. The Morgan fingerprint density at radius 1 is 1.04 bits per heavy atom. The molecule has 0 saturated carbocycles. The van der Waals surface area contributed by atoms with Crippen LogP contribution in [0.3, 0.4) is 0 Å². The van der Waals surface area contributed by atoms with E-state index in [2.05, 4.69) is 5.32 Å². The van der Waals surface area contributed by atoms with Gasteiger partial charge in [0.15, 0.2) is 0 Å². The van der Waals surface area contributed by atoms with Crippen LogP contribution in [0.25, 0.3) is 0 Å². The van der Waals surface area contributed by atoms with Crippen LogP contribution < -0.4 is 10.1 Å². The molecule has 1 aliphatic heterocycles. The van der Waals surface area contributed by atoms with Gasteiger partial charge < -0.3 is 15.0 Å². The molecule has 138 valence electrons. The normalized spacial score (nSPS) is 15.5. The molecular formula is C19H21FN2O3S. The zero-order chi connectivity index (χ0) is 18.4. The third-order valence-electron chi connectivity index (χ3n) is 4.05. The summed E-state index contributed by atoms with van der Waals surface area (Å²) in [6, 6.07) is 13.0. The number of nitrogens with zero attached hydrogens (tertiary/aromatic N) is 1. The molecule has 2 aromatic carbocycles. The number of rotatable bonds is 6. The van der Waals surface area contributed by atoms with Crippen molar-refractivity contribution in [3.05, 3.63) is 59.9 Å². The molecule has 1 saturated heterocycles. The van der Waals surface area contributed by atoms with Gasteiger partial charge in [-0.15, -0.1) is 0 Å². The summed E-state index contributed by atoms with van der Waals surface area (Å²) < 4.78 is 30.8. The van der Waals surface area contributed by atoms with Crippen LogP contribution >= 0.6 is 0 Å². The predicted octanol–water partition coefficient (Wildman–Crippen LogP) is 2.30. The zero-order valence-electron chi connectivity index (χ0n) is 14.3. The highest BCUT2D eigenvalue weighted by Gasteiger charge is 2.18. The number of carbonyl (C=O) groups is 1. The highest BCUT2D eigenvalue weighted by Crippen LogP contribution is 2.22. The highest BCUT2D eigenvalue weighted by atomic mass is 32.2. The van der Waals surface area contributed by atoms with E-state index in [0.29, 0.717) is 30.3 Å². The van der Waals surface area contributed by atoms with Gasteiger partial charge in [-0.3, -0.25) is 9.00 Å². The second-order valence-corrected chi connectivity index (χ2v) is 7.52. The largest absolute Gasteiger partial charge is 0.457 e. The Hall–Kier alpha value is -2.25. The first-order chi connectivity index (χ1) is 12.6. The van der Waals surface area contributed by atoms with Crippen molar-refractivity contribution >= 4 is 16.7 Å². The van der Waals surface area contributed by atoms with Gasteiger partial charge in [-0.05, 0) is 42.0 Å². The molecule has 1 aliphatic rings. The molecule has 1 atom stereocenters. The van der Waals surface area contributed by atoms with Crippen molar-refractivity contribution in [2.75, 3.05) is 31.9 Å². The van der Waals surface area contributed by atoms with Gasteiger partial charge in [-0.2, -0.15) is 0 Å². The highest BCUT2D eigenvalue weighted by molar-refractivity contribution is 7.84. The maximum atomic E-state index is 12.9. The Bertz CT molecular complexity index is 759. The molecule has 26 heavy (non-hydrogen) atoms. The zero-order valence-corrected chi connectivity index (χ0v) is 15.1. The molecule has 2 aromatic rings. The third kappa shape index (κ3) is 5.37. The molecular weight excluding hydrogens is 355 g/mol. The van der Waals surface area contributed by atoms with E-state index in [0.717, 1.165) is 18.7 Å². The van der Waals surface area contributed by atoms with Crippen molar-refractivity contribution in [1.29, 1.82) is 0 Å². The summed E-state index contributed by atoms with van der Waals surface area (Å²) in [5.41, 5.74) is 0.878. The minimum Gasteiger partial charge on any atom is -0.457 e. The van der Waals surface area contributed by atoms with Crippen LogP contribution in [0.1, 0.15) is 5.56 Å². The van der Waals surface area contributed by atoms with Crippen LogP contribution in [-0.4, -0.2) is 46.9 Å². The number of hydrogen-bond donors (Lipinski definition) is 1. The fourth-order valence-electron chi connectivity index (χ4n) is 2.67. The molecule has 5 nitrogen and oxygen atoms in total. The summed E-state index contributed by atoms with van der Waals surface area (Å²) in [5, 5.41) is 3.19. The maximum absolute atomic E-state index is 12.9. The summed E-state index contributed by atoms with van der Waals surface area (Å²) >= 11 is 0. The number of carbonyl (C=O) groups excluding carboxylic acids is 1. The van der Waals surface area contributed by atoms with Gasteiger partial charge >= 0.3 is 0 Å². The number of amides is 1. The number of ether oxygens (including phenoxy) is 1. The molecule has 0 aromatic heterocycles. The van der Waals surface area contributed by atoms with Crippen LogP contribution in [-0.2, 0) is 21.3 Å². The van der Waals surface area contributed by atoms with Gasteiger partial charge in [-0.25, -0.2) is 4.39 Å². The van der Waals surface area contributed by atoms with Crippen molar-refractivity contribution in [1.82, 2.24) is 10.2 Å². The topological polar surface area (TPSA) is 58.6 Å². The van der Waals surface area contributed by atoms with E-state index in [9.17, 15) is 13.4 Å². The first-order valence-corrected chi connectivity index (χ1v) is 9.95. The number of piperazine rings is 1. The lowest BCUT2D eigenvalue weighted by molar-refractivity contribution is -0.128. The van der Waals surface area contributed by atoms with Gasteiger partial charge in [0.2, 0.25) is 5.91 Å². The van der Waals surface area contributed by atoms with E-state index in [1.54, 1.807) is 29.2 Å². The van der Waals surface area contributed by atoms with Gasteiger partial charge in [-0.1, -0.05) is 12.1 Å². The average molecular weight is 376 g/mol. The van der Waals surface area contributed by atoms with E-state index in [1.807, 2.05) is 12.1 Å². The van der Waals surface area contributed by atoms with E-state index < -0.39 is 10.8 Å². The summed E-state index contributed by atoms with van der Waals surface area (Å²) in [7, 11) is -1.24. The Kier molecular flexibility index (Phi) is 6.35. The first kappa shape index (κ1) is 18.5. The molecule has 1 N–H and O–H groups in total. The van der Waals surface area contributed by atoms with Crippen molar-refractivity contribution in [3.63, 3.8) is 0 Å². The molecule has 7 heteroatoms. The smallest absolute Gasteiger partial charge is 0.235 e. The Balaban J connectivity index is 1.50. The number of hydrogen-bond acceptors (Lipinski definition) is 4. The minimum absolute atomic E-state index is 0.0494. The third-order valence-corrected chi connectivity index (χ3v) is 5.28. The average Bonchev–Trinajstić information content (AvgIpc) is 2.66. The molecule has 1 unspecified atom stereocenters. The summed E-state index contributed by atoms with van der Waals surface area (Å²) in [6.07, 6.45) is 0. The van der Waals surface area contributed by atoms with Crippen LogP contribution in [0.5, 0.6) is 11.5 Å². The fourth-order valence-corrected chi connectivity index (χ4v) is 3.80. The van der Waals surface area contributed by atoms with Crippen molar-refractivity contribution < 1.29 is 18.1 Å². The fraction of sp³-hybridized carbons (Fsp3) is 0.316. The number of nitrogens with one attached hydrogen (secondary N) is 1.